The van der Waals surface area contributed by atoms with Gasteiger partial charge in [-0.15, -0.1) is 0 Å². The van der Waals surface area contributed by atoms with Crippen molar-refractivity contribution in [3.63, 3.8) is 0 Å². The lowest BCUT2D eigenvalue weighted by atomic mass is 9.99. The molecule has 176 valence electrons. The number of benzene rings is 1. The van der Waals surface area contributed by atoms with E-state index in [4.69, 9.17) is 25.5 Å². The molecule has 2 aromatic rings. The van der Waals surface area contributed by atoms with Crippen LogP contribution in [0.4, 0.5) is 0 Å². The Balaban J connectivity index is 1.66. The van der Waals surface area contributed by atoms with E-state index in [-0.39, 0.29) is 16.4 Å². The molecule has 3 heterocycles. The molecule has 1 aromatic carbocycles. The molecule has 1 aromatic heterocycles. The van der Waals surface area contributed by atoms with Gasteiger partial charge in [0.1, 0.15) is 29.1 Å². The molecule has 1 atom stereocenters. The molecule has 1 amide bonds. The predicted molar refractivity (Wildman–Crippen MR) is 122 cm³/mol. The maximum absolute atomic E-state index is 13.1. The Kier molecular flexibility index (Phi) is 7.07. The van der Waals surface area contributed by atoms with Crippen LogP contribution >= 0.6 is 11.6 Å². The van der Waals surface area contributed by atoms with Crippen LogP contribution in [-0.4, -0.2) is 73.1 Å². The Labute approximate surface area is 197 Å². The van der Waals surface area contributed by atoms with Gasteiger partial charge in [0.25, 0.3) is 11.7 Å². The van der Waals surface area contributed by atoms with E-state index >= 15 is 0 Å². The summed E-state index contributed by atoms with van der Waals surface area (Å²) in [5.41, 5.74) is 0.308. The van der Waals surface area contributed by atoms with Crippen LogP contribution in [0.5, 0.6) is 5.75 Å². The number of methoxy groups -OCH3 is 1. The SMILES string of the molecule is COc1ccc(/C(O)=C2/C(=O)C(=O)N(CCCN3CCOCC3)C2c2ccc(C)o2)cc1Cl. The van der Waals surface area contributed by atoms with Crippen molar-refractivity contribution in [1.29, 1.82) is 0 Å². The van der Waals surface area contributed by atoms with Crippen LogP contribution < -0.4 is 4.74 Å². The standard InChI is InChI=1S/C24H27ClN2O6/c1-15-4-6-19(33-15)21-20(22(28)16-5-7-18(31-2)17(25)14-16)23(29)24(30)27(21)9-3-8-26-10-12-32-13-11-26/h4-7,14,21,28H,3,8-13H2,1-2H3/b22-20-. The van der Waals surface area contributed by atoms with Crippen LogP contribution in [0.1, 0.15) is 29.5 Å². The molecule has 8 nitrogen and oxygen atoms in total. The van der Waals surface area contributed by atoms with E-state index in [0.717, 1.165) is 19.6 Å². The lowest BCUT2D eigenvalue weighted by Crippen LogP contribution is -2.38. The number of carbonyl (C=O) groups excluding carboxylic acids is 2. The summed E-state index contributed by atoms with van der Waals surface area (Å²) >= 11 is 6.22. The Morgan fingerprint density at radius 3 is 2.58 bits per heavy atom. The zero-order valence-corrected chi connectivity index (χ0v) is 19.4. The Bertz CT molecular complexity index is 1070. The molecule has 0 radical (unpaired) electrons. The van der Waals surface area contributed by atoms with Gasteiger partial charge in [0.2, 0.25) is 0 Å². The summed E-state index contributed by atoms with van der Waals surface area (Å²) in [5, 5.41) is 11.4. The number of aliphatic hydroxyl groups excluding tert-OH is 1. The Morgan fingerprint density at radius 2 is 1.94 bits per heavy atom. The molecule has 0 bridgehead atoms. The van der Waals surface area contributed by atoms with Crippen molar-refractivity contribution in [2.75, 3.05) is 46.5 Å². The summed E-state index contributed by atoms with van der Waals surface area (Å²) in [6.45, 7) is 6.01. The van der Waals surface area contributed by atoms with Crippen LogP contribution in [0, 0.1) is 6.92 Å². The number of carbonyl (C=O) groups is 2. The van der Waals surface area contributed by atoms with Gasteiger partial charge < -0.3 is 23.9 Å². The number of aliphatic hydroxyl groups is 1. The summed E-state index contributed by atoms with van der Waals surface area (Å²) in [4.78, 5) is 29.8. The highest BCUT2D eigenvalue weighted by atomic mass is 35.5. The van der Waals surface area contributed by atoms with Crippen LogP contribution in [0.25, 0.3) is 5.76 Å². The number of morpholine rings is 1. The molecule has 2 fully saturated rings. The Morgan fingerprint density at radius 1 is 1.18 bits per heavy atom. The summed E-state index contributed by atoms with van der Waals surface area (Å²) in [5.74, 6) is -0.180. The summed E-state index contributed by atoms with van der Waals surface area (Å²) in [6.07, 6.45) is 0.678. The molecular formula is C24H27ClN2O6. The first-order valence-corrected chi connectivity index (χ1v) is 11.3. The van der Waals surface area contributed by atoms with Gasteiger partial charge in [-0.1, -0.05) is 11.6 Å². The van der Waals surface area contributed by atoms with Crippen molar-refractivity contribution in [1.82, 2.24) is 9.80 Å². The topological polar surface area (TPSA) is 92.5 Å². The van der Waals surface area contributed by atoms with Crippen LogP contribution in [0.15, 0.2) is 40.3 Å². The van der Waals surface area contributed by atoms with E-state index in [9.17, 15) is 14.7 Å². The molecule has 2 aliphatic rings. The fourth-order valence-electron chi connectivity index (χ4n) is 4.27. The molecule has 9 heteroatoms. The minimum atomic E-state index is -0.815. The van der Waals surface area contributed by atoms with E-state index in [2.05, 4.69) is 4.90 Å². The van der Waals surface area contributed by atoms with Crippen LogP contribution in [0.2, 0.25) is 5.02 Å². The summed E-state index contributed by atoms with van der Waals surface area (Å²) in [7, 11) is 1.49. The maximum Gasteiger partial charge on any atom is 0.295 e. The average Bonchev–Trinajstić information content (AvgIpc) is 3.35. The van der Waals surface area contributed by atoms with Crippen molar-refractivity contribution in [3.8, 4) is 5.75 Å². The van der Waals surface area contributed by atoms with Gasteiger partial charge in [0.05, 0.1) is 30.9 Å². The predicted octanol–water partition coefficient (Wildman–Crippen LogP) is 3.39. The van der Waals surface area contributed by atoms with Gasteiger partial charge in [-0.2, -0.15) is 0 Å². The third-order valence-corrected chi connectivity index (χ3v) is 6.27. The second kappa shape index (κ2) is 9.99. The molecular weight excluding hydrogens is 448 g/mol. The molecule has 4 rings (SSSR count). The second-order valence-corrected chi connectivity index (χ2v) is 8.50. The number of ketones is 1. The zero-order chi connectivity index (χ0) is 23.5. The number of likely N-dealkylation sites (tertiary alicyclic amines) is 1. The number of nitrogens with zero attached hydrogens (tertiary/aromatic N) is 2. The number of halogens is 1. The second-order valence-electron chi connectivity index (χ2n) is 8.10. The van der Waals surface area contributed by atoms with Crippen molar-refractivity contribution < 1.29 is 28.6 Å². The first-order chi connectivity index (χ1) is 15.9. The third-order valence-electron chi connectivity index (χ3n) is 5.97. The van der Waals surface area contributed by atoms with Crippen LogP contribution in [0.3, 0.4) is 0 Å². The van der Waals surface area contributed by atoms with Crippen LogP contribution in [-0.2, 0) is 14.3 Å². The van der Waals surface area contributed by atoms with Crippen molar-refractivity contribution in [2.45, 2.75) is 19.4 Å². The molecule has 33 heavy (non-hydrogen) atoms. The highest BCUT2D eigenvalue weighted by Crippen LogP contribution is 2.40. The third kappa shape index (κ3) is 4.78. The van der Waals surface area contributed by atoms with Gasteiger partial charge >= 0.3 is 0 Å². The van der Waals surface area contributed by atoms with E-state index in [0.29, 0.717) is 49.0 Å². The number of ether oxygens (including phenoxy) is 2. The van der Waals surface area contributed by atoms with Gasteiger partial charge in [0, 0.05) is 31.7 Å². The first kappa shape index (κ1) is 23.4. The number of aryl methyl sites for hydroxylation is 1. The fraction of sp³-hybridized carbons (Fsp3) is 0.417. The summed E-state index contributed by atoms with van der Waals surface area (Å²) < 4.78 is 16.3. The highest BCUT2D eigenvalue weighted by molar-refractivity contribution is 6.46. The van der Waals surface area contributed by atoms with Crippen molar-refractivity contribution in [3.05, 3.63) is 58.0 Å². The van der Waals surface area contributed by atoms with Gasteiger partial charge in [-0.05, 0) is 43.7 Å². The van der Waals surface area contributed by atoms with E-state index in [1.54, 1.807) is 31.2 Å². The van der Waals surface area contributed by atoms with Gasteiger partial charge in [-0.25, -0.2) is 0 Å². The molecule has 1 unspecified atom stereocenters. The monoisotopic (exact) mass is 474 g/mol. The minimum absolute atomic E-state index is 0.0121. The van der Waals surface area contributed by atoms with Gasteiger partial charge in [0.15, 0.2) is 0 Å². The molecule has 1 N–H and O–H groups in total. The number of hydrogen-bond acceptors (Lipinski definition) is 7. The van der Waals surface area contributed by atoms with E-state index in [1.165, 1.54) is 18.1 Å². The smallest absolute Gasteiger partial charge is 0.295 e. The number of Topliss-reactive ketones (excluding diaryl/α,β-unsaturated/α-hetero) is 1. The largest absolute Gasteiger partial charge is 0.507 e. The lowest BCUT2D eigenvalue weighted by Gasteiger charge is -2.28. The van der Waals surface area contributed by atoms with Crippen molar-refractivity contribution in [2.24, 2.45) is 0 Å². The number of rotatable bonds is 7. The lowest BCUT2D eigenvalue weighted by molar-refractivity contribution is -0.140. The molecule has 0 saturated carbocycles. The fourth-order valence-corrected chi connectivity index (χ4v) is 4.52. The number of furan rings is 1. The Hall–Kier alpha value is -2.81. The normalized spacial score (nSPS) is 21.1. The number of hydrogen-bond donors (Lipinski definition) is 1. The molecule has 0 spiro atoms. The zero-order valence-electron chi connectivity index (χ0n) is 18.7. The highest BCUT2D eigenvalue weighted by Gasteiger charge is 2.47. The quantitative estimate of drug-likeness (QED) is 0.373. The average molecular weight is 475 g/mol. The number of amides is 1. The minimum Gasteiger partial charge on any atom is -0.507 e. The first-order valence-electron chi connectivity index (χ1n) is 10.9. The summed E-state index contributed by atoms with van der Waals surface area (Å²) in [6, 6.07) is 7.39. The molecule has 2 aliphatic heterocycles. The van der Waals surface area contributed by atoms with Gasteiger partial charge in [-0.3, -0.25) is 14.5 Å². The van der Waals surface area contributed by atoms with Crippen molar-refractivity contribution >= 4 is 29.1 Å². The molecule has 0 aliphatic carbocycles. The maximum atomic E-state index is 13.1. The van der Waals surface area contributed by atoms with E-state index < -0.39 is 17.7 Å². The van der Waals surface area contributed by atoms with E-state index in [1.807, 2.05) is 0 Å². The molecule has 2 saturated heterocycles.